The zero-order valence-corrected chi connectivity index (χ0v) is 16.0. The number of aromatic hydroxyl groups is 1. The van der Waals surface area contributed by atoms with Gasteiger partial charge in [-0.15, -0.1) is 23.1 Å². The van der Waals surface area contributed by atoms with E-state index in [4.69, 9.17) is 0 Å². The van der Waals surface area contributed by atoms with Crippen molar-refractivity contribution in [1.82, 2.24) is 15.2 Å². The summed E-state index contributed by atoms with van der Waals surface area (Å²) in [4.78, 5) is 41.4. The van der Waals surface area contributed by atoms with E-state index in [1.165, 1.54) is 34.1 Å². The van der Waals surface area contributed by atoms with Gasteiger partial charge in [-0.05, 0) is 18.2 Å². The number of carboxylic acids is 1. The van der Waals surface area contributed by atoms with Gasteiger partial charge in [0.05, 0.1) is 17.7 Å². The number of fused-ring (bicyclic) bond motifs is 1. The zero-order valence-electron chi connectivity index (χ0n) is 14.4. The minimum atomic E-state index is -1.15. The summed E-state index contributed by atoms with van der Waals surface area (Å²) < 4.78 is 0. The molecule has 0 radical (unpaired) electrons. The third-order valence-electron chi connectivity index (χ3n) is 4.41. The maximum absolute atomic E-state index is 12.4. The standard InChI is InChI=1S/C18H15N3O5S2/c22-12-4-2-1-3-10(12)15-19-9(8-28-15)7-13(23)20-14-16(24)21-11(18(25)26)5-6-27-17(14)21/h1-5,8,14,17,22H,6-7H2,(H,20,23)(H,25,26). The second-order valence-corrected chi connectivity index (χ2v) is 8.22. The average molecular weight is 417 g/mol. The van der Waals surface area contributed by atoms with Crippen molar-refractivity contribution in [3.05, 3.63) is 47.1 Å². The summed E-state index contributed by atoms with van der Waals surface area (Å²) in [6.07, 6.45) is 1.49. The molecule has 3 N–H and O–H groups in total. The molecule has 2 aliphatic heterocycles. The highest BCUT2D eigenvalue weighted by molar-refractivity contribution is 8.00. The Morgan fingerprint density at radius 2 is 2.11 bits per heavy atom. The van der Waals surface area contributed by atoms with Crippen LogP contribution in [0.4, 0.5) is 0 Å². The molecule has 2 aromatic rings. The normalized spacial score (nSPS) is 20.8. The van der Waals surface area contributed by atoms with E-state index in [9.17, 15) is 24.6 Å². The van der Waals surface area contributed by atoms with Crippen LogP contribution in [0, 0.1) is 0 Å². The molecule has 2 atom stereocenters. The molecule has 2 amide bonds. The van der Waals surface area contributed by atoms with Crippen LogP contribution in [0.3, 0.4) is 0 Å². The molecule has 1 saturated heterocycles. The fourth-order valence-electron chi connectivity index (χ4n) is 3.09. The molecule has 144 valence electrons. The predicted molar refractivity (Wildman–Crippen MR) is 104 cm³/mol. The fourth-order valence-corrected chi connectivity index (χ4v) is 5.14. The Bertz CT molecular complexity index is 1000. The Hall–Kier alpha value is -2.85. The third kappa shape index (κ3) is 3.25. The molecular weight excluding hydrogens is 402 g/mol. The first kappa shape index (κ1) is 18.5. The second kappa shape index (κ2) is 7.28. The van der Waals surface area contributed by atoms with Gasteiger partial charge in [-0.1, -0.05) is 12.1 Å². The molecule has 0 bridgehead atoms. The first-order chi connectivity index (χ1) is 13.5. The second-order valence-electron chi connectivity index (χ2n) is 6.21. The largest absolute Gasteiger partial charge is 0.507 e. The monoisotopic (exact) mass is 417 g/mol. The highest BCUT2D eigenvalue weighted by atomic mass is 32.2. The topological polar surface area (TPSA) is 120 Å². The maximum atomic E-state index is 12.4. The van der Waals surface area contributed by atoms with E-state index in [2.05, 4.69) is 10.3 Å². The highest BCUT2D eigenvalue weighted by Crippen LogP contribution is 2.37. The maximum Gasteiger partial charge on any atom is 0.352 e. The van der Waals surface area contributed by atoms with E-state index in [0.29, 0.717) is 22.0 Å². The van der Waals surface area contributed by atoms with Crippen molar-refractivity contribution in [2.24, 2.45) is 0 Å². The van der Waals surface area contributed by atoms with Crippen molar-refractivity contribution in [3.8, 4) is 16.3 Å². The van der Waals surface area contributed by atoms with Gasteiger partial charge in [0.1, 0.15) is 27.9 Å². The molecule has 2 aliphatic rings. The molecule has 0 saturated carbocycles. The Balaban J connectivity index is 1.40. The van der Waals surface area contributed by atoms with Crippen LogP contribution in [-0.4, -0.2) is 55.0 Å². The van der Waals surface area contributed by atoms with Gasteiger partial charge in [-0.25, -0.2) is 9.78 Å². The van der Waals surface area contributed by atoms with Crippen molar-refractivity contribution in [1.29, 1.82) is 0 Å². The van der Waals surface area contributed by atoms with Crippen LogP contribution in [0.2, 0.25) is 0 Å². The number of nitrogens with zero attached hydrogens (tertiary/aromatic N) is 2. The van der Waals surface area contributed by atoms with Gasteiger partial charge in [0.25, 0.3) is 5.91 Å². The Morgan fingerprint density at radius 1 is 1.32 bits per heavy atom. The van der Waals surface area contributed by atoms with E-state index < -0.39 is 23.3 Å². The fraction of sp³-hybridized carbons (Fsp3) is 0.222. The molecule has 28 heavy (non-hydrogen) atoms. The number of rotatable bonds is 5. The van der Waals surface area contributed by atoms with Gasteiger partial charge < -0.3 is 15.5 Å². The average Bonchev–Trinajstić information content (AvgIpc) is 3.13. The molecule has 10 heteroatoms. The number of nitrogens with one attached hydrogen (secondary N) is 1. The number of β-lactam (4-membered cyclic amide) rings is 1. The Kier molecular flexibility index (Phi) is 4.82. The van der Waals surface area contributed by atoms with Gasteiger partial charge in [0, 0.05) is 11.1 Å². The quantitative estimate of drug-likeness (QED) is 0.630. The summed E-state index contributed by atoms with van der Waals surface area (Å²) in [5, 5.41) is 23.7. The number of carbonyl (C=O) groups excluding carboxylic acids is 2. The van der Waals surface area contributed by atoms with Crippen LogP contribution >= 0.6 is 23.1 Å². The molecule has 2 unspecified atom stereocenters. The lowest BCUT2D eigenvalue weighted by Gasteiger charge is -2.48. The summed E-state index contributed by atoms with van der Waals surface area (Å²) in [5.41, 5.74) is 1.09. The number of carboxylic acid groups (broad SMARTS) is 1. The van der Waals surface area contributed by atoms with Crippen LogP contribution in [0.5, 0.6) is 5.75 Å². The number of thiazole rings is 1. The number of aromatic nitrogens is 1. The minimum Gasteiger partial charge on any atom is -0.507 e. The molecule has 8 nitrogen and oxygen atoms in total. The SMILES string of the molecule is O=C(Cc1csc(-c2ccccc2O)n1)NC1C(=O)N2C(C(=O)O)=CCSC12. The summed E-state index contributed by atoms with van der Waals surface area (Å²) in [6.45, 7) is 0. The van der Waals surface area contributed by atoms with Gasteiger partial charge in [0.15, 0.2) is 0 Å². The van der Waals surface area contributed by atoms with Gasteiger partial charge in [0.2, 0.25) is 5.91 Å². The van der Waals surface area contributed by atoms with E-state index in [1.54, 1.807) is 29.6 Å². The Morgan fingerprint density at radius 3 is 2.86 bits per heavy atom. The molecule has 4 rings (SSSR count). The Labute approximate surface area is 167 Å². The van der Waals surface area contributed by atoms with Gasteiger partial charge in [-0.2, -0.15) is 0 Å². The van der Waals surface area contributed by atoms with Crippen LogP contribution < -0.4 is 5.32 Å². The molecule has 1 fully saturated rings. The minimum absolute atomic E-state index is 0.00705. The van der Waals surface area contributed by atoms with Crippen molar-refractivity contribution < 1.29 is 24.6 Å². The predicted octanol–water partition coefficient (Wildman–Crippen LogP) is 1.43. The smallest absolute Gasteiger partial charge is 0.352 e. The number of benzene rings is 1. The van der Waals surface area contributed by atoms with Gasteiger partial charge >= 0.3 is 5.97 Å². The molecule has 0 aliphatic carbocycles. The summed E-state index contributed by atoms with van der Waals surface area (Å²) >= 11 is 2.72. The molecule has 0 spiro atoms. The number of carbonyl (C=O) groups is 3. The number of para-hydroxylation sites is 1. The van der Waals surface area contributed by atoms with Gasteiger partial charge in [-0.3, -0.25) is 14.5 Å². The lowest BCUT2D eigenvalue weighted by atomic mass is 10.0. The number of phenolic OH excluding ortho intramolecular Hbond substituents is 1. The number of thioether (sulfide) groups is 1. The van der Waals surface area contributed by atoms with Crippen LogP contribution in [0.25, 0.3) is 10.6 Å². The number of aliphatic carboxylic acids is 1. The third-order valence-corrected chi connectivity index (χ3v) is 6.52. The summed E-state index contributed by atoms with van der Waals surface area (Å²) in [6, 6.07) is 6.08. The van der Waals surface area contributed by atoms with Crippen molar-refractivity contribution in [2.75, 3.05) is 5.75 Å². The number of hydrogen-bond acceptors (Lipinski definition) is 7. The van der Waals surface area contributed by atoms with Crippen molar-refractivity contribution >= 4 is 40.9 Å². The van der Waals surface area contributed by atoms with E-state index in [0.717, 1.165) is 0 Å². The lowest BCUT2D eigenvalue weighted by Crippen LogP contribution is -2.70. The summed E-state index contributed by atoms with van der Waals surface area (Å²) in [7, 11) is 0. The number of amides is 2. The van der Waals surface area contributed by atoms with E-state index in [1.807, 2.05) is 0 Å². The van der Waals surface area contributed by atoms with Crippen molar-refractivity contribution in [2.45, 2.75) is 17.8 Å². The summed E-state index contributed by atoms with van der Waals surface area (Å²) in [5.74, 6) is -1.35. The van der Waals surface area contributed by atoms with Crippen LogP contribution in [0.1, 0.15) is 5.69 Å². The molecule has 1 aromatic heterocycles. The van der Waals surface area contributed by atoms with Crippen LogP contribution in [-0.2, 0) is 20.8 Å². The zero-order chi connectivity index (χ0) is 19.8. The van der Waals surface area contributed by atoms with E-state index in [-0.39, 0.29) is 23.8 Å². The first-order valence-electron chi connectivity index (χ1n) is 8.36. The number of phenols is 1. The van der Waals surface area contributed by atoms with E-state index >= 15 is 0 Å². The molecule has 3 heterocycles. The first-order valence-corrected chi connectivity index (χ1v) is 10.3. The number of hydrogen-bond donors (Lipinski definition) is 3. The molecule has 1 aromatic carbocycles. The van der Waals surface area contributed by atoms with Crippen LogP contribution in [0.15, 0.2) is 41.4 Å². The molecular formula is C18H15N3O5S2. The van der Waals surface area contributed by atoms with Crippen molar-refractivity contribution in [3.63, 3.8) is 0 Å². The highest BCUT2D eigenvalue weighted by Gasteiger charge is 2.52. The lowest BCUT2D eigenvalue weighted by molar-refractivity contribution is -0.150.